The van der Waals surface area contributed by atoms with Crippen LogP contribution in [0.25, 0.3) is 10.9 Å². The number of hydrogen-bond donors (Lipinski definition) is 1. The lowest BCUT2D eigenvalue weighted by Crippen LogP contribution is -2.50. The summed E-state index contributed by atoms with van der Waals surface area (Å²) in [6, 6.07) is 8.51. The Balaban J connectivity index is 1.48. The van der Waals surface area contributed by atoms with Crippen LogP contribution >= 0.6 is 0 Å². The van der Waals surface area contributed by atoms with E-state index in [4.69, 9.17) is 4.98 Å². The first-order valence-electron chi connectivity index (χ1n) is 9.19. The lowest BCUT2D eigenvalue weighted by Gasteiger charge is -2.40. The van der Waals surface area contributed by atoms with Gasteiger partial charge >= 0.3 is 0 Å². The smallest absolute Gasteiger partial charge is 0.258 e. The Hall–Kier alpha value is -1.72. The van der Waals surface area contributed by atoms with Crippen molar-refractivity contribution in [3.8, 4) is 0 Å². The summed E-state index contributed by atoms with van der Waals surface area (Å²) in [7, 11) is 0. The number of aromatic nitrogens is 2. The van der Waals surface area contributed by atoms with Gasteiger partial charge in [0.1, 0.15) is 5.82 Å². The lowest BCUT2D eigenvalue weighted by molar-refractivity contribution is 0.0727. The minimum Gasteiger partial charge on any atom is -0.309 e. The van der Waals surface area contributed by atoms with Crippen molar-refractivity contribution in [1.82, 2.24) is 19.8 Å². The first-order chi connectivity index (χ1) is 11.7. The van der Waals surface area contributed by atoms with Gasteiger partial charge < -0.3 is 4.98 Å². The van der Waals surface area contributed by atoms with E-state index in [2.05, 4.69) is 21.7 Å². The molecule has 4 rings (SSSR count). The summed E-state index contributed by atoms with van der Waals surface area (Å²) < 4.78 is 0. The zero-order valence-corrected chi connectivity index (χ0v) is 14.4. The molecule has 128 valence electrons. The van der Waals surface area contributed by atoms with Crippen LogP contribution in [-0.2, 0) is 0 Å². The van der Waals surface area contributed by atoms with Gasteiger partial charge in [0, 0.05) is 32.2 Å². The Bertz CT molecular complexity index is 757. The van der Waals surface area contributed by atoms with E-state index in [0.717, 1.165) is 43.6 Å². The van der Waals surface area contributed by atoms with Gasteiger partial charge in [-0.2, -0.15) is 0 Å². The van der Waals surface area contributed by atoms with E-state index >= 15 is 0 Å². The van der Waals surface area contributed by atoms with Crippen LogP contribution in [0.4, 0.5) is 0 Å². The average Bonchev–Trinajstić information content (AvgIpc) is 3.16. The molecule has 2 aromatic rings. The Morgan fingerprint density at radius 3 is 2.58 bits per heavy atom. The number of hydrogen-bond acceptors (Lipinski definition) is 4. The molecule has 1 aromatic heterocycles. The van der Waals surface area contributed by atoms with Crippen LogP contribution in [-0.4, -0.2) is 52.0 Å². The third-order valence-electron chi connectivity index (χ3n) is 5.76. The minimum atomic E-state index is -0.0351. The zero-order chi connectivity index (χ0) is 16.5. The van der Waals surface area contributed by atoms with Gasteiger partial charge in [-0.05, 0) is 31.9 Å². The van der Waals surface area contributed by atoms with Crippen molar-refractivity contribution in [2.24, 2.45) is 0 Å². The predicted molar refractivity (Wildman–Crippen MR) is 96.2 cm³/mol. The Labute approximate surface area is 142 Å². The van der Waals surface area contributed by atoms with Crippen molar-refractivity contribution < 1.29 is 0 Å². The number of nitrogens with zero attached hydrogens (tertiary/aromatic N) is 3. The Morgan fingerprint density at radius 1 is 1.12 bits per heavy atom. The first-order valence-corrected chi connectivity index (χ1v) is 9.19. The second-order valence-electron chi connectivity index (χ2n) is 7.15. The molecular formula is C19H26N4O. The van der Waals surface area contributed by atoms with Gasteiger partial charge in [-0.3, -0.25) is 14.6 Å². The molecule has 0 bridgehead atoms. The molecule has 1 atom stereocenters. The quantitative estimate of drug-likeness (QED) is 0.942. The van der Waals surface area contributed by atoms with E-state index in [1.54, 1.807) is 0 Å². The molecule has 5 heteroatoms. The Morgan fingerprint density at radius 2 is 1.83 bits per heavy atom. The van der Waals surface area contributed by atoms with E-state index in [1.807, 2.05) is 24.3 Å². The van der Waals surface area contributed by atoms with Gasteiger partial charge in [-0.1, -0.05) is 25.0 Å². The molecule has 0 amide bonds. The van der Waals surface area contributed by atoms with E-state index in [1.165, 1.54) is 25.7 Å². The van der Waals surface area contributed by atoms with Crippen LogP contribution in [0.1, 0.15) is 44.5 Å². The lowest BCUT2D eigenvalue weighted by atomic mass is 10.1. The fourth-order valence-corrected chi connectivity index (χ4v) is 4.23. The number of piperazine rings is 1. The van der Waals surface area contributed by atoms with Crippen LogP contribution in [0.2, 0.25) is 0 Å². The van der Waals surface area contributed by atoms with Crippen molar-refractivity contribution in [2.75, 3.05) is 26.2 Å². The van der Waals surface area contributed by atoms with Crippen molar-refractivity contribution >= 4 is 10.9 Å². The SMILES string of the molecule is C[C@H](c1nc2ccccc2c(=O)[nH]1)N1CCN(C2CCCC2)CC1. The normalized spacial score (nSPS) is 22.2. The van der Waals surface area contributed by atoms with E-state index in [-0.39, 0.29) is 11.6 Å². The van der Waals surface area contributed by atoms with Gasteiger partial charge in [0.25, 0.3) is 5.56 Å². The minimum absolute atomic E-state index is 0.0351. The van der Waals surface area contributed by atoms with Crippen LogP contribution < -0.4 is 5.56 Å². The van der Waals surface area contributed by atoms with Crippen LogP contribution in [0.5, 0.6) is 0 Å². The number of H-pyrrole nitrogens is 1. The molecule has 1 saturated carbocycles. The molecule has 0 unspecified atom stereocenters. The maximum absolute atomic E-state index is 12.3. The standard InChI is InChI=1S/C19H26N4O/c1-14(18-20-17-9-5-4-8-16(17)19(24)21-18)22-10-12-23(13-11-22)15-6-2-3-7-15/h4-5,8-9,14-15H,2-3,6-7,10-13H2,1H3,(H,20,21,24)/t14-/m1/s1. The van der Waals surface area contributed by atoms with E-state index < -0.39 is 0 Å². The molecule has 2 fully saturated rings. The van der Waals surface area contributed by atoms with E-state index in [0.29, 0.717) is 5.39 Å². The molecular weight excluding hydrogens is 300 g/mol. The van der Waals surface area contributed by atoms with Gasteiger partial charge in [0.2, 0.25) is 0 Å². The van der Waals surface area contributed by atoms with Gasteiger partial charge in [-0.15, -0.1) is 0 Å². The van der Waals surface area contributed by atoms with Crippen LogP contribution in [0, 0.1) is 0 Å². The molecule has 5 nitrogen and oxygen atoms in total. The van der Waals surface area contributed by atoms with E-state index in [9.17, 15) is 4.79 Å². The number of aromatic amines is 1. The molecule has 0 spiro atoms. The highest BCUT2D eigenvalue weighted by atomic mass is 16.1. The molecule has 24 heavy (non-hydrogen) atoms. The second kappa shape index (κ2) is 6.65. The number of fused-ring (bicyclic) bond motifs is 1. The molecule has 1 aliphatic carbocycles. The summed E-state index contributed by atoms with van der Waals surface area (Å²) in [6.07, 6.45) is 5.53. The molecule has 1 aromatic carbocycles. The number of rotatable bonds is 3. The first kappa shape index (κ1) is 15.8. The summed E-state index contributed by atoms with van der Waals surface area (Å²) in [5.74, 6) is 0.785. The third-order valence-corrected chi connectivity index (χ3v) is 5.76. The molecule has 1 N–H and O–H groups in total. The van der Waals surface area contributed by atoms with Crippen molar-refractivity contribution in [2.45, 2.75) is 44.7 Å². The fourth-order valence-electron chi connectivity index (χ4n) is 4.23. The summed E-state index contributed by atoms with van der Waals surface area (Å²) in [5, 5.41) is 0.666. The monoisotopic (exact) mass is 326 g/mol. The highest BCUT2D eigenvalue weighted by Crippen LogP contribution is 2.26. The van der Waals surface area contributed by atoms with Crippen molar-refractivity contribution in [3.63, 3.8) is 0 Å². The number of benzene rings is 1. The number of nitrogens with one attached hydrogen (secondary N) is 1. The van der Waals surface area contributed by atoms with Crippen LogP contribution in [0.15, 0.2) is 29.1 Å². The summed E-state index contributed by atoms with van der Waals surface area (Å²) in [5.41, 5.74) is 0.750. The molecule has 1 saturated heterocycles. The predicted octanol–water partition coefficient (Wildman–Crippen LogP) is 2.54. The summed E-state index contributed by atoms with van der Waals surface area (Å²) >= 11 is 0. The molecule has 2 heterocycles. The fraction of sp³-hybridized carbons (Fsp3) is 0.579. The highest BCUT2D eigenvalue weighted by molar-refractivity contribution is 5.77. The molecule has 1 aliphatic heterocycles. The maximum Gasteiger partial charge on any atom is 0.258 e. The molecule has 2 aliphatic rings. The summed E-state index contributed by atoms with van der Waals surface area (Å²) in [4.78, 5) is 25.1. The maximum atomic E-state index is 12.3. The van der Waals surface area contributed by atoms with Gasteiger partial charge in [0.05, 0.1) is 16.9 Å². The van der Waals surface area contributed by atoms with Gasteiger partial charge in [-0.25, -0.2) is 4.98 Å². The van der Waals surface area contributed by atoms with Crippen molar-refractivity contribution in [3.05, 3.63) is 40.4 Å². The topological polar surface area (TPSA) is 52.2 Å². The van der Waals surface area contributed by atoms with Gasteiger partial charge in [0.15, 0.2) is 0 Å². The Kier molecular flexibility index (Phi) is 4.37. The summed E-state index contributed by atoms with van der Waals surface area (Å²) in [6.45, 7) is 6.51. The second-order valence-corrected chi connectivity index (χ2v) is 7.15. The third kappa shape index (κ3) is 2.98. The number of para-hydroxylation sites is 1. The average molecular weight is 326 g/mol. The van der Waals surface area contributed by atoms with Crippen LogP contribution in [0.3, 0.4) is 0 Å². The molecule has 0 radical (unpaired) electrons. The highest BCUT2D eigenvalue weighted by Gasteiger charge is 2.28. The largest absolute Gasteiger partial charge is 0.309 e. The zero-order valence-electron chi connectivity index (χ0n) is 14.4. The van der Waals surface area contributed by atoms with Crippen molar-refractivity contribution in [1.29, 1.82) is 0 Å².